The molecule has 0 atom stereocenters. The molecule has 0 aliphatic carbocycles. The summed E-state index contributed by atoms with van der Waals surface area (Å²) in [5, 5.41) is 7.25. The zero-order valence-electron chi connectivity index (χ0n) is 10.5. The van der Waals surface area contributed by atoms with Crippen LogP contribution in [-0.4, -0.2) is 23.4 Å². The van der Waals surface area contributed by atoms with Gasteiger partial charge in [-0.1, -0.05) is 0 Å². The fourth-order valence-electron chi connectivity index (χ4n) is 1.73. The number of anilines is 1. The summed E-state index contributed by atoms with van der Waals surface area (Å²) < 4.78 is 20.0. The Bertz CT molecular complexity index is 525. The second kappa shape index (κ2) is 5.53. The van der Waals surface area contributed by atoms with Gasteiger partial charge in [-0.3, -0.25) is 4.68 Å². The number of hydrogen-bond acceptors (Lipinski definition) is 3. The number of hydrogen-bond donors (Lipinski definition) is 1. The van der Waals surface area contributed by atoms with Crippen LogP contribution in [0.3, 0.4) is 0 Å². The third-order valence-corrected chi connectivity index (χ3v) is 2.61. The number of benzene rings is 1. The molecule has 0 fully saturated rings. The summed E-state index contributed by atoms with van der Waals surface area (Å²) in [6.45, 7) is 0.721. The van der Waals surface area contributed by atoms with E-state index in [-0.39, 0.29) is 5.82 Å². The molecule has 2 rings (SSSR count). The molecule has 4 nitrogen and oxygen atoms in total. The van der Waals surface area contributed by atoms with Crippen LogP contribution in [0.25, 0.3) is 0 Å². The van der Waals surface area contributed by atoms with Crippen LogP contribution in [-0.2, 0) is 13.5 Å². The van der Waals surface area contributed by atoms with Crippen LogP contribution in [0.4, 0.5) is 10.1 Å². The van der Waals surface area contributed by atoms with Crippen LogP contribution < -0.4 is 10.1 Å². The highest BCUT2D eigenvalue weighted by molar-refractivity contribution is 5.48. The maximum atomic E-state index is 13.2. The van der Waals surface area contributed by atoms with Crippen molar-refractivity contribution < 1.29 is 9.13 Å². The van der Waals surface area contributed by atoms with Crippen LogP contribution in [0.15, 0.2) is 30.6 Å². The Kier molecular flexibility index (Phi) is 3.82. The lowest BCUT2D eigenvalue weighted by molar-refractivity contribution is 0.411. The zero-order valence-corrected chi connectivity index (χ0v) is 10.5. The van der Waals surface area contributed by atoms with Gasteiger partial charge in [-0.2, -0.15) is 5.10 Å². The number of aryl methyl sites for hydroxylation is 1. The summed E-state index contributed by atoms with van der Waals surface area (Å²) in [6.07, 6.45) is 4.63. The number of nitrogens with one attached hydrogen (secondary N) is 1. The first-order chi connectivity index (χ1) is 8.67. The first kappa shape index (κ1) is 12.4. The standard InChI is InChI=1S/C13H16FN3O/c1-17-9-10(8-16-17)3-4-15-12-5-11(14)6-13(7-12)18-2/h5-9,15H,3-4H2,1-2H3. The van der Waals surface area contributed by atoms with Gasteiger partial charge in [0, 0.05) is 37.6 Å². The monoisotopic (exact) mass is 249 g/mol. The van der Waals surface area contributed by atoms with E-state index >= 15 is 0 Å². The Morgan fingerprint density at radius 1 is 1.39 bits per heavy atom. The van der Waals surface area contributed by atoms with Gasteiger partial charge in [-0.05, 0) is 18.1 Å². The van der Waals surface area contributed by atoms with Crippen LogP contribution in [0.5, 0.6) is 5.75 Å². The SMILES string of the molecule is COc1cc(F)cc(NCCc2cnn(C)c2)c1. The number of halogens is 1. The number of nitrogens with zero attached hydrogens (tertiary/aromatic N) is 2. The first-order valence-corrected chi connectivity index (χ1v) is 5.73. The summed E-state index contributed by atoms with van der Waals surface area (Å²) in [5.41, 5.74) is 1.86. The van der Waals surface area contributed by atoms with Crippen molar-refractivity contribution in [2.75, 3.05) is 19.0 Å². The van der Waals surface area contributed by atoms with E-state index in [1.54, 1.807) is 10.7 Å². The van der Waals surface area contributed by atoms with Gasteiger partial charge in [0.1, 0.15) is 11.6 Å². The number of aromatic nitrogens is 2. The molecule has 2 aromatic rings. The topological polar surface area (TPSA) is 39.1 Å². The lowest BCUT2D eigenvalue weighted by Gasteiger charge is -2.07. The molecule has 0 spiro atoms. The van der Waals surface area contributed by atoms with Gasteiger partial charge >= 0.3 is 0 Å². The Balaban J connectivity index is 1.91. The van der Waals surface area contributed by atoms with Gasteiger partial charge < -0.3 is 10.1 Å². The van der Waals surface area contributed by atoms with Crippen molar-refractivity contribution in [1.29, 1.82) is 0 Å². The summed E-state index contributed by atoms with van der Waals surface area (Å²) >= 11 is 0. The fourth-order valence-corrected chi connectivity index (χ4v) is 1.73. The Morgan fingerprint density at radius 3 is 2.89 bits per heavy atom. The fraction of sp³-hybridized carbons (Fsp3) is 0.308. The molecule has 0 amide bonds. The molecule has 0 aliphatic heterocycles. The molecule has 96 valence electrons. The molecule has 1 heterocycles. The van der Waals surface area contributed by atoms with Crippen LogP contribution in [0.2, 0.25) is 0 Å². The quantitative estimate of drug-likeness (QED) is 0.883. The first-order valence-electron chi connectivity index (χ1n) is 5.73. The molecule has 0 saturated carbocycles. The van der Waals surface area contributed by atoms with Crippen molar-refractivity contribution in [1.82, 2.24) is 9.78 Å². The molecule has 1 aromatic carbocycles. The van der Waals surface area contributed by atoms with Crippen LogP contribution in [0, 0.1) is 5.82 Å². The Hall–Kier alpha value is -2.04. The second-order valence-corrected chi connectivity index (χ2v) is 4.08. The van der Waals surface area contributed by atoms with E-state index in [1.807, 2.05) is 19.4 Å². The highest BCUT2D eigenvalue weighted by atomic mass is 19.1. The van der Waals surface area contributed by atoms with Crippen LogP contribution in [0.1, 0.15) is 5.56 Å². The molecule has 1 N–H and O–H groups in total. The van der Waals surface area contributed by atoms with Gasteiger partial charge in [0.15, 0.2) is 0 Å². The minimum atomic E-state index is -0.307. The van der Waals surface area contributed by atoms with Crippen molar-refractivity contribution in [3.63, 3.8) is 0 Å². The predicted octanol–water partition coefficient (Wildman–Crippen LogP) is 2.22. The molecule has 0 unspecified atom stereocenters. The molecular formula is C13H16FN3O. The summed E-state index contributed by atoms with van der Waals surface area (Å²) in [4.78, 5) is 0. The Morgan fingerprint density at radius 2 is 2.22 bits per heavy atom. The predicted molar refractivity (Wildman–Crippen MR) is 68.4 cm³/mol. The normalized spacial score (nSPS) is 10.4. The molecule has 1 aromatic heterocycles. The maximum Gasteiger partial charge on any atom is 0.128 e. The van der Waals surface area contributed by atoms with E-state index < -0.39 is 0 Å². The van der Waals surface area contributed by atoms with Gasteiger partial charge in [0.2, 0.25) is 0 Å². The van der Waals surface area contributed by atoms with E-state index in [2.05, 4.69) is 10.4 Å². The average Bonchev–Trinajstić information content (AvgIpc) is 2.74. The van der Waals surface area contributed by atoms with Gasteiger partial charge in [0.25, 0.3) is 0 Å². The van der Waals surface area contributed by atoms with Crippen LogP contribution >= 0.6 is 0 Å². The molecular weight excluding hydrogens is 233 g/mol. The molecule has 0 saturated heterocycles. The van der Waals surface area contributed by atoms with Gasteiger partial charge in [0.05, 0.1) is 13.3 Å². The van der Waals surface area contributed by atoms with Crippen molar-refractivity contribution in [3.05, 3.63) is 42.0 Å². The maximum absolute atomic E-state index is 13.2. The smallest absolute Gasteiger partial charge is 0.128 e. The summed E-state index contributed by atoms with van der Waals surface area (Å²) in [5.74, 6) is 0.206. The minimum Gasteiger partial charge on any atom is -0.497 e. The molecule has 5 heteroatoms. The van der Waals surface area contributed by atoms with Gasteiger partial charge in [-0.15, -0.1) is 0 Å². The summed E-state index contributed by atoms with van der Waals surface area (Å²) in [6, 6.07) is 4.57. The van der Waals surface area contributed by atoms with Gasteiger partial charge in [-0.25, -0.2) is 4.39 Å². The van der Waals surface area contributed by atoms with Crippen molar-refractivity contribution in [3.8, 4) is 5.75 Å². The second-order valence-electron chi connectivity index (χ2n) is 4.08. The molecule has 18 heavy (non-hydrogen) atoms. The lowest BCUT2D eigenvalue weighted by atomic mass is 10.2. The van der Waals surface area contributed by atoms with E-state index in [0.29, 0.717) is 5.75 Å². The lowest BCUT2D eigenvalue weighted by Crippen LogP contribution is -2.04. The summed E-state index contributed by atoms with van der Waals surface area (Å²) in [7, 11) is 3.41. The zero-order chi connectivity index (χ0) is 13.0. The van der Waals surface area contributed by atoms with Crippen molar-refractivity contribution in [2.24, 2.45) is 7.05 Å². The van der Waals surface area contributed by atoms with Crippen molar-refractivity contribution >= 4 is 5.69 Å². The van der Waals surface area contributed by atoms with E-state index in [1.165, 1.54) is 19.2 Å². The largest absolute Gasteiger partial charge is 0.497 e. The highest BCUT2D eigenvalue weighted by Gasteiger charge is 2.01. The van der Waals surface area contributed by atoms with E-state index in [4.69, 9.17) is 4.74 Å². The third kappa shape index (κ3) is 3.23. The Labute approximate surface area is 105 Å². The molecule has 0 bridgehead atoms. The number of ether oxygens (including phenoxy) is 1. The highest BCUT2D eigenvalue weighted by Crippen LogP contribution is 2.19. The molecule has 0 radical (unpaired) electrons. The number of methoxy groups -OCH3 is 1. The number of rotatable bonds is 5. The third-order valence-electron chi connectivity index (χ3n) is 2.61. The average molecular weight is 249 g/mol. The molecule has 0 aliphatic rings. The van der Waals surface area contributed by atoms with E-state index in [9.17, 15) is 4.39 Å². The van der Waals surface area contributed by atoms with Crippen molar-refractivity contribution in [2.45, 2.75) is 6.42 Å². The minimum absolute atomic E-state index is 0.307. The van der Waals surface area contributed by atoms with E-state index in [0.717, 1.165) is 24.2 Å².